The molecule has 0 atom stereocenters. The Bertz CT molecular complexity index is 299. The van der Waals surface area contributed by atoms with Gasteiger partial charge in [-0.25, -0.2) is 4.98 Å². The molecule has 0 unspecified atom stereocenters. The zero-order valence-electron chi connectivity index (χ0n) is 11.0. The first-order chi connectivity index (χ1) is 7.54. The van der Waals surface area contributed by atoms with Crippen molar-refractivity contribution in [2.45, 2.75) is 52.4 Å². The molecule has 0 aliphatic heterocycles. The molecule has 0 aliphatic carbocycles. The number of nitrogens with one attached hydrogen (secondary N) is 1. The van der Waals surface area contributed by atoms with E-state index < -0.39 is 0 Å². The number of hydrogen-bond donors (Lipinski definition) is 1. The quantitative estimate of drug-likeness (QED) is 0.771. The number of aromatic nitrogens is 1. The summed E-state index contributed by atoms with van der Waals surface area (Å²) >= 11 is 1.80. The van der Waals surface area contributed by atoms with E-state index in [1.807, 2.05) is 0 Å². The van der Waals surface area contributed by atoms with Crippen LogP contribution in [0.1, 0.15) is 51.2 Å². The molecule has 1 rings (SSSR count). The average Bonchev–Trinajstić information content (AvgIpc) is 2.65. The van der Waals surface area contributed by atoms with E-state index in [1.54, 1.807) is 11.3 Å². The van der Waals surface area contributed by atoms with Crippen LogP contribution in [0.4, 0.5) is 0 Å². The van der Waals surface area contributed by atoms with E-state index in [9.17, 15) is 0 Å². The Kier molecular flexibility index (Phi) is 5.42. The highest BCUT2D eigenvalue weighted by Crippen LogP contribution is 2.24. The topological polar surface area (TPSA) is 24.9 Å². The Labute approximate surface area is 103 Å². The molecule has 0 amide bonds. The number of thiazole rings is 1. The van der Waals surface area contributed by atoms with Gasteiger partial charge in [0.2, 0.25) is 0 Å². The van der Waals surface area contributed by atoms with Crippen molar-refractivity contribution in [1.82, 2.24) is 10.3 Å². The third kappa shape index (κ3) is 4.62. The molecule has 0 aliphatic rings. The Morgan fingerprint density at radius 1 is 1.31 bits per heavy atom. The van der Waals surface area contributed by atoms with Crippen molar-refractivity contribution in [2.24, 2.45) is 0 Å². The summed E-state index contributed by atoms with van der Waals surface area (Å²) in [6.45, 7) is 11.1. The molecule has 0 radical (unpaired) electrons. The van der Waals surface area contributed by atoms with Crippen LogP contribution in [-0.2, 0) is 11.8 Å². The van der Waals surface area contributed by atoms with Crippen molar-refractivity contribution in [1.29, 1.82) is 0 Å². The number of rotatable bonds is 6. The van der Waals surface area contributed by atoms with Crippen LogP contribution in [0.2, 0.25) is 0 Å². The van der Waals surface area contributed by atoms with Crippen LogP contribution in [0.25, 0.3) is 0 Å². The normalized spacial score (nSPS) is 12.0. The lowest BCUT2D eigenvalue weighted by Gasteiger charge is -2.14. The third-order valence-electron chi connectivity index (χ3n) is 2.49. The second kappa shape index (κ2) is 6.36. The van der Waals surface area contributed by atoms with Gasteiger partial charge >= 0.3 is 0 Å². The highest BCUT2D eigenvalue weighted by molar-refractivity contribution is 7.09. The van der Waals surface area contributed by atoms with Gasteiger partial charge in [-0.1, -0.05) is 27.7 Å². The summed E-state index contributed by atoms with van der Waals surface area (Å²) in [5, 5.41) is 6.90. The van der Waals surface area contributed by atoms with Gasteiger partial charge in [0.1, 0.15) is 0 Å². The zero-order valence-corrected chi connectivity index (χ0v) is 11.8. The number of nitrogens with zero attached hydrogens (tertiary/aromatic N) is 1. The minimum Gasteiger partial charge on any atom is -0.317 e. The second-order valence-electron chi connectivity index (χ2n) is 5.23. The molecule has 0 bridgehead atoms. The second-order valence-corrected chi connectivity index (χ2v) is 6.17. The SMILES string of the molecule is CCCNCCCc1nc(C(C)(C)C)cs1. The van der Waals surface area contributed by atoms with Gasteiger partial charge in [0, 0.05) is 17.2 Å². The van der Waals surface area contributed by atoms with Crippen molar-refractivity contribution in [3.63, 3.8) is 0 Å². The monoisotopic (exact) mass is 240 g/mol. The molecular weight excluding hydrogens is 216 g/mol. The minimum atomic E-state index is 0.190. The molecule has 0 aromatic carbocycles. The summed E-state index contributed by atoms with van der Waals surface area (Å²) in [6.07, 6.45) is 3.51. The lowest BCUT2D eigenvalue weighted by Crippen LogP contribution is -2.16. The minimum absolute atomic E-state index is 0.190. The molecule has 0 fully saturated rings. The van der Waals surface area contributed by atoms with Crippen molar-refractivity contribution in [3.05, 3.63) is 16.1 Å². The summed E-state index contributed by atoms with van der Waals surface area (Å²) in [5.74, 6) is 0. The lowest BCUT2D eigenvalue weighted by atomic mass is 9.93. The van der Waals surface area contributed by atoms with Gasteiger partial charge in [-0.05, 0) is 25.9 Å². The molecule has 1 aromatic heterocycles. The maximum atomic E-state index is 4.69. The van der Waals surface area contributed by atoms with Gasteiger partial charge in [-0.2, -0.15) is 0 Å². The highest BCUT2D eigenvalue weighted by atomic mass is 32.1. The first-order valence-corrected chi connectivity index (χ1v) is 7.07. The van der Waals surface area contributed by atoms with Gasteiger partial charge in [0.25, 0.3) is 0 Å². The Hall–Kier alpha value is -0.410. The van der Waals surface area contributed by atoms with E-state index in [1.165, 1.54) is 23.5 Å². The van der Waals surface area contributed by atoms with Crippen LogP contribution in [-0.4, -0.2) is 18.1 Å². The number of hydrogen-bond acceptors (Lipinski definition) is 3. The van der Waals surface area contributed by atoms with E-state index in [0.29, 0.717) is 0 Å². The maximum Gasteiger partial charge on any atom is 0.0928 e. The predicted molar refractivity (Wildman–Crippen MR) is 72.3 cm³/mol. The van der Waals surface area contributed by atoms with E-state index in [2.05, 4.69) is 38.4 Å². The molecule has 1 N–H and O–H groups in total. The standard InChI is InChI=1S/C13H24N2S/c1-5-8-14-9-6-7-12-15-11(10-16-12)13(2,3)4/h10,14H,5-9H2,1-4H3. The fourth-order valence-corrected chi connectivity index (χ4v) is 2.50. The van der Waals surface area contributed by atoms with E-state index >= 15 is 0 Å². The molecular formula is C13H24N2S. The fraction of sp³-hybridized carbons (Fsp3) is 0.769. The average molecular weight is 240 g/mol. The summed E-state index contributed by atoms with van der Waals surface area (Å²) in [6, 6.07) is 0. The fourth-order valence-electron chi connectivity index (χ4n) is 1.44. The number of aryl methyl sites for hydroxylation is 1. The highest BCUT2D eigenvalue weighted by Gasteiger charge is 2.16. The van der Waals surface area contributed by atoms with E-state index in [0.717, 1.165) is 19.5 Å². The summed E-state index contributed by atoms with van der Waals surface area (Å²) < 4.78 is 0. The molecule has 0 saturated carbocycles. The predicted octanol–water partition coefficient (Wildman–Crippen LogP) is 3.37. The van der Waals surface area contributed by atoms with E-state index in [4.69, 9.17) is 4.98 Å². The van der Waals surface area contributed by atoms with Gasteiger partial charge in [0.15, 0.2) is 0 Å². The van der Waals surface area contributed by atoms with E-state index in [-0.39, 0.29) is 5.41 Å². The first-order valence-electron chi connectivity index (χ1n) is 6.19. The molecule has 0 spiro atoms. The van der Waals surface area contributed by atoms with Crippen LogP contribution in [0, 0.1) is 0 Å². The molecule has 92 valence electrons. The Morgan fingerprint density at radius 2 is 2.06 bits per heavy atom. The molecule has 1 aromatic rings. The van der Waals surface area contributed by atoms with Crippen LogP contribution in [0.15, 0.2) is 5.38 Å². The summed E-state index contributed by atoms with van der Waals surface area (Å²) in [7, 11) is 0. The van der Waals surface area contributed by atoms with Crippen LogP contribution >= 0.6 is 11.3 Å². The van der Waals surface area contributed by atoms with Crippen molar-refractivity contribution in [2.75, 3.05) is 13.1 Å². The lowest BCUT2D eigenvalue weighted by molar-refractivity contribution is 0.569. The van der Waals surface area contributed by atoms with Crippen molar-refractivity contribution < 1.29 is 0 Å². The molecule has 3 heteroatoms. The third-order valence-corrected chi connectivity index (χ3v) is 3.40. The Balaban J connectivity index is 2.30. The van der Waals surface area contributed by atoms with Gasteiger partial charge < -0.3 is 5.32 Å². The maximum absolute atomic E-state index is 4.69. The Morgan fingerprint density at radius 3 is 2.62 bits per heavy atom. The zero-order chi connectivity index (χ0) is 12.0. The van der Waals surface area contributed by atoms with Crippen molar-refractivity contribution >= 4 is 11.3 Å². The van der Waals surface area contributed by atoms with Gasteiger partial charge in [0.05, 0.1) is 10.7 Å². The van der Waals surface area contributed by atoms with Crippen molar-refractivity contribution in [3.8, 4) is 0 Å². The largest absolute Gasteiger partial charge is 0.317 e. The van der Waals surface area contributed by atoms with Crippen LogP contribution in [0.5, 0.6) is 0 Å². The smallest absolute Gasteiger partial charge is 0.0928 e. The van der Waals surface area contributed by atoms with Crippen LogP contribution in [0.3, 0.4) is 0 Å². The first kappa shape index (κ1) is 13.7. The summed E-state index contributed by atoms with van der Waals surface area (Å²) in [5.41, 5.74) is 1.42. The van der Waals surface area contributed by atoms with Gasteiger partial charge in [-0.3, -0.25) is 0 Å². The molecule has 16 heavy (non-hydrogen) atoms. The summed E-state index contributed by atoms with van der Waals surface area (Å²) in [4.78, 5) is 4.69. The molecule has 2 nitrogen and oxygen atoms in total. The van der Waals surface area contributed by atoms with Gasteiger partial charge in [-0.15, -0.1) is 11.3 Å². The van der Waals surface area contributed by atoms with Crippen LogP contribution < -0.4 is 5.32 Å². The molecule has 1 heterocycles. The molecule has 0 saturated heterocycles.